The first-order valence-electron chi connectivity index (χ1n) is 4.56. The summed E-state index contributed by atoms with van der Waals surface area (Å²) in [6, 6.07) is 0. The summed E-state index contributed by atoms with van der Waals surface area (Å²) in [5, 5.41) is 3.01. The molecule has 0 amide bonds. The van der Waals surface area contributed by atoms with Crippen molar-refractivity contribution >= 4 is 5.97 Å². The Morgan fingerprint density at radius 1 is 1.86 bits per heavy atom. The molecule has 2 atom stereocenters. The number of esters is 1. The quantitative estimate of drug-likeness (QED) is 0.508. The minimum Gasteiger partial charge on any atom is -0.468 e. The Labute approximate surface area is 84.0 Å². The van der Waals surface area contributed by atoms with E-state index in [1.807, 2.05) is 6.92 Å². The largest absolute Gasteiger partial charge is 0.468 e. The molecule has 0 spiro atoms. The number of rotatable bonds is 3. The molecule has 1 N–H and O–H groups in total. The maximum atomic E-state index is 11.6. The van der Waals surface area contributed by atoms with Gasteiger partial charge in [0.25, 0.3) is 0 Å². The van der Waals surface area contributed by atoms with Crippen molar-refractivity contribution in [1.82, 2.24) is 5.32 Å². The second kappa shape index (κ2) is 4.45. The van der Waals surface area contributed by atoms with Gasteiger partial charge in [0, 0.05) is 13.0 Å². The predicted molar refractivity (Wildman–Crippen MR) is 51.6 cm³/mol. The summed E-state index contributed by atoms with van der Waals surface area (Å²) in [5.74, 6) is 2.14. The Bertz CT molecular complexity index is 259. The number of nitrogens with one attached hydrogen (secondary N) is 1. The average Bonchev–Trinajstić information content (AvgIpc) is 2.57. The number of terminal acetylenes is 1. The van der Waals surface area contributed by atoms with Crippen molar-refractivity contribution in [3.05, 3.63) is 0 Å². The Kier molecular flexibility index (Phi) is 3.50. The van der Waals surface area contributed by atoms with Gasteiger partial charge in [0.1, 0.15) is 5.54 Å². The van der Waals surface area contributed by atoms with Crippen LogP contribution in [-0.4, -0.2) is 37.9 Å². The molecule has 4 nitrogen and oxygen atoms in total. The van der Waals surface area contributed by atoms with Gasteiger partial charge in [-0.25, -0.2) is 4.79 Å². The van der Waals surface area contributed by atoms with E-state index in [2.05, 4.69) is 11.2 Å². The van der Waals surface area contributed by atoms with E-state index in [4.69, 9.17) is 15.9 Å². The van der Waals surface area contributed by atoms with E-state index in [0.29, 0.717) is 19.6 Å². The fourth-order valence-corrected chi connectivity index (χ4v) is 1.71. The highest BCUT2D eigenvalue weighted by molar-refractivity contribution is 5.82. The van der Waals surface area contributed by atoms with Crippen LogP contribution in [0.2, 0.25) is 0 Å². The summed E-state index contributed by atoms with van der Waals surface area (Å²) in [6.07, 6.45) is 5.54. The topological polar surface area (TPSA) is 47.6 Å². The van der Waals surface area contributed by atoms with Gasteiger partial charge in [-0.3, -0.25) is 5.32 Å². The maximum absolute atomic E-state index is 11.6. The third-order valence-corrected chi connectivity index (χ3v) is 2.61. The summed E-state index contributed by atoms with van der Waals surface area (Å²) in [7, 11) is 1.37. The smallest absolute Gasteiger partial charge is 0.328 e. The van der Waals surface area contributed by atoms with Crippen molar-refractivity contribution < 1.29 is 14.3 Å². The number of methoxy groups -OCH3 is 1. The molecule has 0 radical (unpaired) electrons. The van der Waals surface area contributed by atoms with Crippen LogP contribution in [0.5, 0.6) is 0 Å². The molecule has 1 heterocycles. The van der Waals surface area contributed by atoms with Gasteiger partial charge in [-0.05, 0) is 6.92 Å². The van der Waals surface area contributed by atoms with Crippen molar-refractivity contribution in [2.75, 3.05) is 20.3 Å². The maximum Gasteiger partial charge on any atom is 0.328 e. The molecule has 0 aromatic heterocycles. The first-order chi connectivity index (χ1) is 6.67. The number of carbonyl (C=O) groups is 1. The number of hydrogen-bond donors (Lipinski definition) is 1. The third-order valence-electron chi connectivity index (χ3n) is 2.61. The number of ether oxygens (including phenoxy) is 2. The molecule has 1 fully saturated rings. The number of carbonyl (C=O) groups excluding carboxylic acids is 1. The highest BCUT2D eigenvalue weighted by Crippen LogP contribution is 2.26. The molecule has 0 bridgehead atoms. The van der Waals surface area contributed by atoms with Crippen LogP contribution >= 0.6 is 0 Å². The molecular weight excluding hydrogens is 182 g/mol. The van der Waals surface area contributed by atoms with Crippen LogP contribution in [0.25, 0.3) is 0 Å². The molecule has 14 heavy (non-hydrogen) atoms. The first-order valence-corrected chi connectivity index (χ1v) is 4.56. The molecule has 0 saturated carbocycles. The molecule has 0 aliphatic carbocycles. The van der Waals surface area contributed by atoms with Crippen molar-refractivity contribution in [1.29, 1.82) is 0 Å². The summed E-state index contributed by atoms with van der Waals surface area (Å²) >= 11 is 0. The van der Waals surface area contributed by atoms with Crippen molar-refractivity contribution in [3.63, 3.8) is 0 Å². The van der Waals surface area contributed by atoms with E-state index in [0.717, 1.165) is 0 Å². The minimum absolute atomic E-state index is 0.205. The van der Waals surface area contributed by atoms with Crippen molar-refractivity contribution in [3.8, 4) is 12.3 Å². The van der Waals surface area contributed by atoms with Crippen LogP contribution in [-0.2, 0) is 14.3 Å². The van der Waals surface area contributed by atoms with E-state index in [-0.39, 0.29) is 12.1 Å². The zero-order chi connectivity index (χ0) is 10.6. The molecule has 2 unspecified atom stereocenters. The van der Waals surface area contributed by atoms with Crippen LogP contribution in [0, 0.1) is 12.3 Å². The van der Waals surface area contributed by atoms with Crippen LogP contribution in [0.4, 0.5) is 0 Å². The van der Waals surface area contributed by atoms with Gasteiger partial charge in [0.15, 0.2) is 0 Å². The van der Waals surface area contributed by atoms with E-state index < -0.39 is 5.54 Å². The SMILES string of the molecule is C#CCNC1(C(=O)OC)CCOC1C. The van der Waals surface area contributed by atoms with Gasteiger partial charge >= 0.3 is 5.97 Å². The number of hydrogen-bond acceptors (Lipinski definition) is 4. The molecule has 1 saturated heterocycles. The lowest BCUT2D eigenvalue weighted by Crippen LogP contribution is -2.57. The van der Waals surface area contributed by atoms with Gasteiger partial charge in [0.2, 0.25) is 0 Å². The molecule has 1 aliphatic heterocycles. The van der Waals surface area contributed by atoms with E-state index in [1.165, 1.54) is 7.11 Å². The van der Waals surface area contributed by atoms with Crippen molar-refractivity contribution in [2.24, 2.45) is 0 Å². The Hall–Kier alpha value is -1.05. The molecule has 78 valence electrons. The van der Waals surface area contributed by atoms with Gasteiger partial charge in [-0.2, -0.15) is 0 Å². The second-order valence-electron chi connectivity index (χ2n) is 3.28. The van der Waals surface area contributed by atoms with Gasteiger partial charge in [-0.15, -0.1) is 6.42 Å². The molecule has 4 heteroatoms. The lowest BCUT2D eigenvalue weighted by molar-refractivity contribution is -0.150. The normalized spacial score (nSPS) is 31.1. The minimum atomic E-state index is -0.763. The Morgan fingerprint density at radius 3 is 3.00 bits per heavy atom. The van der Waals surface area contributed by atoms with Crippen LogP contribution in [0.3, 0.4) is 0 Å². The zero-order valence-corrected chi connectivity index (χ0v) is 8.50. The van der Waals surface area contributed by atoms with Gasteiger partial charge in [0.05, 0.1) is 19.8 Å². The summed E-state index contributed by atoms with van der Waals surface area (Å²) < 4.78 is 10.1. The zero-order valence-electron chi connectivity index (χ0n) is 8.50. The molecule has 0 aromatic carbocycles. The highest BCUT2D eigenvalue weighted by atomic mass is 16.5. The fourth-order valence-electron chi connectivity index (χ4n) is 1.71. The standard InChI is InChI=1S/C10H15NO3/c1-4-6-11-10(9(12)13-3)5-7-14-8(10)2/h1,8,11H,5-7H2,2-3H3. The molecule has 1 aliphatic rings. The van der Waals surface area contributed by atoms with Crippen LogP contribution < -0.4 is 5.32 Å². The predicted octanol–water partition coefficient (Wildman–Crippen LogP) is -0.0702. The highest BCUT2D eigenvalue weighted by Gasteiger charge is 2.48. The molecular formula is C10H15NO3. The first kappa shape index (κ1) is 11.0. The summed E-state index contributed by atoms with van der Waals surface area (Å²) in [6.45, 7) is 2.73. The van der Waals surface area contributed by atoms with Gasteiger partial charge in [-0.1, -0.05) is 5.92 Å². The lowest BCUT2D eigenvalue weighted by Gasteiger charge is -2.29. The van der Waals surface area contributed by atoms with E-state index in [9.17, 15) is 4.79 Å². The lowest BCUT2D eigenvalue weighted by atomic mass is 9.92. The Balaban J connectivity index is 2.79. The molecule has 0 aromatic rings. The van der Waals surface area contributed by atoms with Crippen molar-refractivity contribution in [2.45, 2.75) is 25.0 Å². The van der Waals surface area contributed by atoms with Crippen LogP contribution in [0.1, 0.15) is 13.3 Å². The third kappa shape index (κ3) is 1.74. The summed E-state index contributed by atoms with van der Waals surface area (Å²) in [4.78, 5) is 11.6. The monoisotopic (exact) mass is 197 g/mol. The summed E-state index contributed by atoms with van der Waals surface area (Å²) in [5.41, 5.74) is -0.763. The van der Waals surface area contributed by atoms with E-state index in [1.54, 1.807) is 0 Å². The average molecular weight is 197 g/mol. The fraction of sp³-hybridized carbons (Fsp3) is 0.700. The molecule has 1 rings (SSSR count). The Morgan fingerprint density at radius 2 is 2.57 bits per heavy atom. The van der Waals surface area contributed by atoms with Gasteiger partial charge < -0.3 is 9.47 Å². The van der Waals surface area contributed by atoms with E-state index >= 15 is 0 Å². The second-order valence-corrected chi connectivity index (χ2v) is 3.28. The van der Waals surface area contributed by atoms with Crippen LogP contribution in [0.15, 0.2) is 0 Å².